The molecule has 0 bridgehead atoms. The quantitative estimate of drug-likeness (QED) is 0.0522. The predicted molar refractivity (Wildman–Crippen MR) is 263 cm³/mol. The van der Waals surface area contributed by atoms with Crippen molar-refractivity contribution in [2.75, 3.05) is 61.5 Å². The van der Waals surface area contributed by atoms with Crippen molar-refractivity contribution in [3.8, 4) is 23.0 Å². The van der Waals surface area contributed by atoms with E-state index in [1.54, 1.807) is 28.4 Å². The van der Waals surface area contributed by atoms with Crippen molar-refractivity contribution in [3.05, 3.63) is 118 Å². The number of hydrogen-bond donors (Lipinski definition) is 0. The van der Waals surface area contributed by atoms with Gasteiger partial charge >= 0.3 is 0 Å². The van der Waals surface area contributed by atoms with Gasteiger partial charge in [0.1, 0.15) is 47.9 Å². The van der Waals surface area contributed by atoms with Crippen LogP contribution in [-0.4, -0.2) is 79.8 Å². The molecule has 0 aliphatic rings. The fraction of sp³-hybridized carbons (Fsp3) is 0.571. The summed E-state index contributed by atoms with van der Waals surface area (Å²) < 4.78 is 47.8. The molecule has 0 aromatic heterocycles. The Balaban J connectivity index is 1.95. The topological polar surface area (TPSA) is 73.8 Å². The zero-order valence-corrected chi connectivity index (χ0v) is 42.2. The summed E-state index contributed by atoms with van der Waals surface area (Å²) in [5.74, 6) is 3.87. The smallest absolute Gasteiger partial charge is 0.126 e. The number of rotatable bonds is 28. The molecule has 0 fully saturated rings. The van der Waals surface area contributed by atoms with Gasteiger partial charge in [-0.1, -0.05) is 104 Å². The first-order chi connectivity index (χ1) is 30.6. The zero-order valence-electron chi connectivity index (χ0n) is 42.2. The summed E-state index contributed by atoms with van der Waals surface area (Å²) in [5.41, 5.74) is 7.61. The molecular weight excluding hydrogens is 801 g/mol. The molecule has 3 atom stereocenters. The average molecular weight is 883 g/mol. The Labute approximate surface area is 387 Å². The van der Waals surface area contributed by atoms with E-state index in [-0.39, 0.29) is 34.6 Å². The van der Waals surface area contributed by atoms with E-state index >= 15 is 0 Å². The van der Waals surface area contributed by atoms with Crippen molar-refractivity contribution in [1.29, 1.82) is 0 Å². The van der Waals surface area contributed by atoms with Gasteiger partial charge in [-0.2, -0.15) is 0 Å². The summed E-state index contributed by atoms with van der Waals surface area (Å²) in [7, 11) is 6.86. The van der Waals surface area contributed by atoms with Crippen LogP contribution in [0, 0.1) is 0 Å². The van der Waals surface area contributed by atoms with E-state index in [9.17, 15) is 0 Å². The van der Waals surface area contributed by atoms with Crippen molar-refractivity contribution in [3.63, 3.8) is 0 Å². The van der Waals surface area contributed by atoms with E-state index in [2.05, 4.69) is 141 Å². The summed E-state index contributed by atoms with van der Waals surface area (Å²) in [5, 5.41) is 0. The molecule has 0 amide bonds. The first-order valence-corrected chi connectivity index (χ1v) is 23.7. The molecule has 0 spiro atoms. The Morgan fingerprint density at radius 3 is 1.42 bits per heavy atom. The number of methoxy groups -OCH3 is 4. The highest BCUT2D eigenvalue weighted by molar-refractivity contribution is 5.54. The van der Waals surface area contributed by atoms with Gasteiger partial charge in [0.15, 0.2) is 0 Å². The lowest BCUT2D eigenvalue weighted by molar-refractivity contribution is 0.0901. The fourth-order valence-corrected chi connectivity index (χ4v) is 9.14. The van der Waals surface area contributed by atoms with E-state index in [4.69, 9.17) is 37.9 Å². The Kier molecular flexibility index (Phi) is 20.1. The van der Waals surface area contributed by atoms with E-state index in [0.29, 0.717) is 39.0 Å². The van der Waals surface area contributed by atoms with Crippen LogP contribution in [0.4, 0.5) is 0 Å². The number of benzene rings is 4. The summed E-state index contributed by atoms with van der Waals surface area (Å²) >= 11 is 0. The van der Waals surface area contributed by atoms with Gasteiger partial charge in [0.2, 0.25) is 0 Å². The number of ether oxygens (including phenoxy) is 8. The molecule has 64 heavy (non-hydrogen) atoms. The van der Waals surface area contributed by atoms with E-state index in [1.807, 2.05) is 13.8 Å². The van der Waals surface area contributed by atoms with Gasteiger partial charge in [-0.15, -0.1) is 0 Å². The minimum atomic E-state index is -0.325. The van der Waals surface area contributed by atoms with Crippen molar-refractivity contribution in [2.45, 2.75) is 149 Å². The highest BCUT2D eigenvalue weighted by atomic mass is 16.5. The zero-order chi connectivity index (χ0) is 47.1. The van der Waals surface area contributed by atoms with Gasteiger partial charge in [-0.3, -0.25) is 0 Å². The predicted octanol–water partition coefficient (Wildman–Crippen LogP) is 12.8. The molecule has 0 N–H and O–H groups in total. The van der Waals surface area contributed by atoms with Crippen molar-refractivity contribution < 1.29 is 37.9 Å². The third kappa shape index (κ3) is 13.0. The second-order valence-corrected chi connectivity index (χ2v) is 18.7. The maximum absolute atomic E-state index is 6.90. The molecule has 4 rings (SSSR count). The molecule has 4 aromatic rings. The Morgan fingerprint density at radius 1 is 0.500 bits per heavy atom. The second-order valence-electron chi connectivity index (χ2n) is 18.7. The molecular formula is C56H82O8. The van der Waals surface area contributed by atoms with Gasteiger partial charge in [0.25, 0.3) is 0 Å². The molecule has 0 saturated heterocycles. The largest absolute Gasteiger partial charge is 0.491 e. The Hall–Kier alpha value is -4.08. The molecule has 0 saturated carbocycles. The van der Waals surface area contributed by atoms with Crippen LogP contribution in [0.25, 0.3) is 0 Å². The van der Waals surface area contributed by atoms with E-state index in [0.717, 1.165) is 55.1 Å². The minimum Gasteiger partial charge on any atom is -0.491 e. The SMILES string of the molecule is CCC(CC)c1cc(C(C)(C)c2ccc(OC(C)COC)cc2)cc(CC(CC)(CC)c2cc(C(C)(C)c3ccc(OC(C)COC)cc3)ccc2OC(C)COC)c1OCCOC. The summed E-state index contributed by atoms with van der Waals surface area (Å²) in [6.45, 7) is 27.1. The molecule has 0 radical (unpaired) electrons. The highest BCUT2D eigenvalue weighted by Gasteiger charge is 2.37. The Morgan fingerprint density at radius 2 is 0.969 bits per heavy atom. The van der Waals surface area contributed by atoms with Crippen LogP contribution in [0.2, 0.25) is 0 Å². The standard InChI is InChI=1S/C56H82O8/c1-16-42(17-2)50-33-47(55(10,11)45-22-27-49(28-23-45)63-40(6)37-59-14)32-43(53(50)61-31-30-57-12)35-56(18-3,19-4)51-34-46(24-29-52(51)64-41(7)38-60-15)54(8,9)44-20-25-48(26-21-44)62-39(5)36-58-13/h20-29,32-34,39-42H,16-19,30-31,35-38H2,1-15H3. The van der Waals surface area contributed by atoms with E-state index < -0.39 is 0 Å². The third-order valence-electron chi connectivity index (χ3n) is 13.4. The Bertz CT molecular complexity index is 1980. The second kappa shape index (κ2) is 24.4. The molecule has 0 heterocycles. The van der Waals surface area contributed by atoms with Crippen LogP contribution in [0.3, 0.4) is 0 Å². The van der Waals surface area contributed by atoms with E-state index in [1.165, 1.54) is 38.9 Å². The van der Waals surface area contributed by atoms with Gasteiger partial charge in [-0.05, 0) is 123 Å². The van der Waals surface area contributed by atoms with Crippen molar-refractivity contribution >= 4 is 0 Å². The van der Waals surface area contributed by atoms with Crippen LogP contribution >= 0.6 is 0 Å². The molecule has 354 valence electrons. The van der Waals surface area contributed by atoms with Crippen LogP contribution in [-0.2, 0) is 41.6 Å². The fourth-order valence-electron chi connectivity index (χ4n) is 9.14. The van der Waals surface area contributed by atoms with Crippen molar-refractivity contribution in [2.24, 2.45) is 0 Å². The maximum atomic E-state index is 6.90. The molecule has 3 unspecified atom stereocenters. The monoisotopic (exact) mass is 883 g/mol. The lowest BCUT2D eigenvalue weighted by Crippen LogP contribution is -2.31. The van der Waals surface area contributed by atoms with Crippen LogP contribution in [0.15, 0.2) is 78.9 Å². The molecule has 8 heteroatoms. The normalized spacial score (nSPS) is 13.8. The van der Waals surface area contributed by atoms with Crippen LogP contribution in [0.5, 0.6) is 23.0 Å². The van der Waals surface area contributed by atoms with Crippen LogP contribution < -0.4 is 18.9 Å². The lowest BCUT2D eigenvalue weighted by atomic mass is 9.68. The summed E-state index contributed by atoms with van der Waals surface area (Å²) in [6.07, 6.45) is 4.33. The molecule has 4 aromatic carbocycles. The summed E-state index contributed by atoms with van der Waals surface area (Å²) in [6, 6.07) is 28.8. The van der Waals surface area contributed by atoms with Gasteiger partial charge < -0.3 is 37.9 Å². The highest BCUT2D eigenvalue weighted by Crippen LogP contribution is 2.48. The number of hydrogen-bond acceptors (Lipinski definition) is 8. The summed E-state index contributed by atoms with van der Waals surface area (Å²) in [4.78, 5) is 0. The first kappa shape index (κ1) is 52.5. The van der Waals surface area contributed by atoms with Gasteiger partial charge in [0.05, 0.1) is 26.4 Å². The molecule has 0 aliphatic carbocycles. The van der Waals surface area contributed by atoms with Gasteiger partial charge in [-0.25, -0.2) is 0 Å². The lowest BCUT2D eigenvalue weighted by Gasteiger charge is -2.38. The average Bonchev–Trinajstić information content (AvgIpc) is 3.27. The maximum Gasteiger partial charge on any atom is 0.126 e. The van der Waals surface area contributed by atoms with Gasteiger partial charge in [0, 0.05) is 50.2 Å². The minimum absolute atomic E-state index is 0.0405. The van der Waals surface area contributed by atoms with Crippen LogP contribution in [0.1, 0.15) is 147 Å². The first-order valence-electron chi connectivity index (χ1n) is 23.7. The molecule has 0 aliphatic heterocycles. The third-order valence-corrected chi connectivity index (χ3v) is 13.4. The van der Waals surface area contributed by atoms with Crippen molar-refractivity contribution in [1.82, 2.24) is 0 Å². The molecule has 8 nitrogen and oxygen atoms in total.